The molecule has 102 valence electrons. The maximum absolute atomic E-state index is 12.3. The Kier molecular flexibility index (Phi) is 3.84. The summed E-state index contributed by atoms with van der Waals surface area (Å²) in [6, 6.07) is 1.58. The molecule has 2 amide bonds. The molecule has 2 rings (SSSR count). The number of carbonyl (C=O) groups is 2. The number of nitrogen functional groups attached to an aromatic ring is 1. The Morgan fingerprint density at radius 2 is 2.26 bits per heavy atom. The van der Waals surface area contributed by atoms with Crippen molar-refractivity contribution in [1.82, 2.24) is 9.88 Å². The highest BCUT2D eigenvalue weighted by molar-refractivity contribution is 5.98. The van der Waals surface area contributed by atoms with Crippen LogP contribution in [-0.2, 0) is 4.74 Å². The van der Waals surface area contributed by atoms with Crippen molar-refractivity contribution in [3.63, 3.8) is 0 Å². The van der Waals surface area contributed by atoms with Crippen LogP contribution in [0.15, 0.2) is 18.5 Å². The quantitative estimate of drug-likeness (QED) is 0.801. The highest BCUT2D eigenvalue weighted by Crippen LogP contribution is 2.18. The van der Waals surface area contributed by atoms with Crippen molar-refractivity contribution in [2.75, 3.05) is 18.8 Å². The zero-order valence-electron chi connectivity index (χ0n) is 10.4. The van der Waals surface area contributed by atoms with Crippen molar-refractivity contribution in [1.29, 1.82) is 0 Å². The highest BCUT2D eigenvalue weighted by atomic mass is 16.6. The molecule has 1 saturated heterocycles. The van der Waals surface area contributed by atoms with E-state index in [0.717, 1.165) is 6.42 Å². The fourth-order valence-electron chi connectivity index (χ4n) is 2.15. The normalized spacial score (nSPS) is 18.9. The fourth-order valence-corrected chi connectivity index (χ4v) is 2.15. The Labute approximate surface area is 110 Å². The van der Waals surface area contributed by atoms with E-state index in [-0.39, 0.29) is 12.0 Å². The van der Waals surface area contributed by atoms with Crippen LogP contribution in [0.3, 0.4) is 0 Å². The average Bonchev–Trinajstić information content (AvgIpc) is 2.38. The predicted octanol–water partition coefficient (Wildman–Crippen LogP) is 0.364. The summed E-state index contributed by atoms with van der Waals surface area (Å²) in [6.45, 7) is 0.947. The number of rotatable bonds is 2. The van der Waals surface area contributed by atoms with E-state index in [4.69, 9.17) is 16.2 Å². The molecule has 19 heavy (non-hydrogen) atoms. The summed E-state index contributed by atoms with van der Waals surface area (Å²) in [7, 11) is 0. The van der Waals surface area contributed by atoms with Crippen molar-refractivity contribution in [2.45, 2.75) is 18.9 Å². The van der Waals surface area contributed by atoms with Gasteiger partial charge in [-0.05, 0) is 18.9 Å². The van der Waals surface area contributed by atoms with Crippen LogP contribution in [-0.4, -0.2) is 41.1 Å². The highest BCUT2D eigenvalue weighted by Gasteiger charge is 2.27. The number of anilines is 1. The number of hydrogen-bond donors (Lipinski definition) is 2. The monoisotopic (exact) mass is 264 g/mol. The van der Waals surface area contributed by atoms with Gasteiger partial charge in [0.2, 0.25) is 0 Å². The van der Waals surface area contributed by atoms with Crippen molar-refractivity contribution >= 4 is 17.7 Å². The Morgan fingerprint density at radius 1 is 1.47 bits per heavy atom. The first-order valence-corrected chi connectivity index (χ1v) is 6.03. The lowest BCUT2D eigenvalue weighted by Gasteiger charge is -2.32. The van der Waals surface area contributed by atoms with E-state index < -0.39 is 6.09 Å². The van der Waals surface area contributed by atoms with Gasteiger partial charge in [0.05, 0.1) is 24.0 Å². The van der Waals surface area contributed by atoms with E-state index in [9.17, 15) is 9.59 Å². The number of nitrogens with zero attached hydrogens (tertiary/aromatic N) is 2. The molecule has 0 aliphatic carbocycles. The smallest absolute Gasteiger partial charge is 0.404 e. The van der Waals surface area contributed by atoms with Crippen molar-refractivity contribution in [3.05, 3.63) is 24.0 Å². The second-order valence-electron chi connectivity index (χ2n) is 4.42. The van der Waals surface area contributed by atoms with Crippen LogP contribution in [0.25, 0.3) is 0 Å². The van der Waals surface area contributed by atoms with E-state index >= 15 is 0 Å². The summed E-state index contributed by atoms with van der Waals surface area (Å²) in [6.07, 6.45) is 3.26. The van der Waals surface area contributed by atoms with Gasteiger partial charge < -0.3 is 21.1 Å². The topological polar surface area (TPSA) is 112 Å². The number of aromatic nitrogens is 1. The Balaban J connectivity index is 2.07. The van der Waals surface area contributed by atoms with E-state index in [1.54, 1.807) is 11.0 Å². The third-order valence-corrected chi connectivity index (χ3v) is 3.03. The van der Waals surface area contributed by atoms with Crippen LogP contribution in [0.4, 0.5) is 10.5 Å². The maximum Gasteiger partial charge on any atom is 0.404 e. The largest absolute Gasteiger partial charge is 0.445 e. The molecule has 7 heteroatoms. The van der Waals surface area contributed by atoms with Crippen LogP contribution in [0.2, 0.25) is 0 Å². The van der Waals surface area contributed by atoms with Gasteiger partial charge in [0, 0.05) is 12.7 Å². The van der Waals surface area contributed by atoms with Gasteiger partial charge in [0.1, 0.15) is 6.10 Å². The zero-order chi connectivity index (χ0) is 13.8. The van der Waals surface area contributed by atoms with E-state index in [1.807, 2.05) is 0 Å². The summed E-state index contributed by atoms with van der Waals surface area (Å²) in [4.78, 5) is 28.5. The number of amides is 2. The van der Waals surface area contributed by atoms with Crippen molar-refractivity contribution in [2.24, 2.45) is 5.73 Å². The first-order valence-electron chi connectivity index (χ1n) is 6.03. The Morgan fingerprint density at radius 3 is 2.95 bits per heavy atom. The third-order valence-electron chi connectivity index (χ3n) is 3.03. The molecule has 0 radical (unpaired) electrons. The summed E-state index contributed by atoms with van der Waals surface area (Å²) >= 11 is 0. The Bertz CT molecular complexity index is 492. The molecular weight excluding hydrogens is 248 g/mol. The lowest BCUT2D eigenvalue weighted by molar-refractivity contribution is 0.0374. The fraction of sp³-hybridized carbons (Fsp3) is 0.417. The number of piperidine rings is 1. The molecule has 0 spiro atoms. The van der Waals surface area contributed by atoms with Crippen molar-refractivity contribution in [3.8, 4) is 0 Å². The molecule has 0 bridgehead atoms. The first kappa shape index (κ1) is 13.1. The predicted molar refractivity (Wildman–Crippen MR) is 68.2 cm³/mol. The standard InChI is InChI=1S/C12H16N4O3/c13-10-6-15-4-3-9(10)11(17)16-5-1-2-8(7-16)19-12(14)18/h3-4,6,8H,1-2,5,7,13H2,(H2,14,18). The van der Waals surface area contributed by atoms with Gasteiger partial charge in [-0.3, -0.25) is 9.78 Å². The summed E-state index contributed by atoms with van der Waals surface area (Å²) in [5.74, 6) is -0.183. The van der Waals surface area contributed by atoms with Gasteiger partial charge in [0.25, 0.3) is 5.91 Å². The van der Waals surface area contributed by atoms with Crippen LogP contribution in [0.1, 0.15) is 23.2 Å². The number of hydrogen-bond acceptors (Lipinski definition) is 5. The molecule has 2 heterocycles. The van der Waals surface area contributed by atoms with Gasteiger partial charge in [-0.15, -0.1) is 0 Å². The molecular formula is C12H16N4O3. The average molecular weight is 264 g/mol. The Hall–Kier alpha value is -2.31. The van der Waals surface area contributed by atoms with Crippen LogP contribution < -0.4 is 11.5 Å². The molecule has 4 N–H and O–H groups in total. The molecule has 1 aromatic heterocycles. The van der Waals surface area contributed by atoms with Crippen molar-refractivity contribution < 1.29 is 14.3 Å². The van der Waals surface area contributed by atoms with Gasteiger partial charge in [-0.1, -0.05) is 0 Å². The van der Waals surface area contributed by atoms with Gasteiger partial charge >= 0.3 is 6.09 Å². The summed E-state index contributed by atoms with van der Waals surface area (Å²) < 4.78 is 4.94. The number of likely N-dealkylation sites (tertiary alicyclic amines) is 1. The van der Waals surface area contributed by atoms with Crippen LogP contribution >= 0.6 is 0 Å². The van der Waals surface area contributed by atoms with Gasteiger partial charge in [0.15, 0.2) is 0 Å². The van der Waals surface area contributed by atoms with E-state index in [1.165, 1.54) is 12.4 Å². The summed E-state index contributed by atoms with van der Waals surface area (Å²) in [5, 5.41) is 0. The van der Waals surface area contributed by atoms with E-state index in [2.05, 4.69) is 4.98 Å². The SMILES string of the molecule is NC(=O)OC1CCCN(C(=O)c2ccncc2N)C1. The maximum atomic E-state index is 12.3. The van der Waals surface area contributed by atoms with Gasteiger partial charge in [-0.25, -0.2) is 4.79 Å². The molecule has 7 nitrogen and oxygen atoms in total. The minimum atomic E-state index is -0.817. The molecule has 0 aromatic carbocycles. The third kappa shape index (κ3) is 3.12. The molecule has 0 saturated carbocycles. The van der Waals surface area contributed by atoms with Crippen LogP contribution in [0, 0.1) is 0 Å². The lowest BCUT2D eigenvalue weighted by Crippen LogP contribution is -2.44. The second-order valence-corrected chi connectivity index (χ2v) is 4.42. The lowest BCUT2D eigenvalue weighted by atomic mass is 10.1. The molecule has 1 fully saturated rings. The number of ether oxygens (including phenoxy) is 1. The number of pyridine rings is 1. The number of carbonyl (C=O) groups excluding carboxylic acids is 2. The first-order chi connectivity index (χ1) is 9.08. The number of nitrogens with two attached hydrogens (primary N) is 2. The number of primary amides is 1. The molecule has 1 aliphatic rings. The second kappa shape index (κ2) is 5.55. The molecule has 1 aromatic rings. The van der Waals surface area contributed by atoms with Gasteiger partial charge in [-0.2, -0.15) is 0 Å². The van der Waals surface area contributed by atoms with E-state index in [0.29, 0.717) is 30.8 Å². The minimum Gasteiger partial charge on any atom is -0.445 e. The zero-order valence-corrected chi connectivity index (χ0v) is 10.4. The molecule has 1 aliphatic heterocycles. The van der Waals surface area contributed by atoms with Crippen LogP contribution in [0.5, 0.6) is 0 Å². The minimum absolute atomic E-state index is 0.183. The summed E-state index contributed by atoms with van der Waals surface area (Å²) in [5.41, 5.74) is 11.5. The molecule has 1 unspecified atom stereocenters. The molecule has 1 atom stereocenters.